The minimum atomic E-state index is -1.11. The van der Waals surface area contributed by atoms with Crippen molar-refractivity contribution < 1.29 is 23.5 Å². The number of fused-ring (bicyclic) bond motifs is 1. The van der Waals surface area contributed by atoms with Crippen LogP contribution in [0.3, 0.4) is 0 Å². The zero-order valence-corrected chi connectivity index (χ0v) is 25.4. The van der Waals surface area contributed by atoms with Gasteiger partial charge in [-0.15, -0.1) is 11.8 Å². The molecule has 1 saturated heterocycles. The molecule has 228 valence electrons. The van der Waals surface area contributed by atoms with Gasteiger partial charge in [-0.05, 0) is 34.2 Å². The average Bonchev–Trinajstić information content (AvgIpc) is 3.61. The topological polar surface area (TPSA) is 102 Å². The van der Waals surface area contributed by atoms with Gasteiger partial charge in [0.15, 0.2) is 12.1 Å². The van der Waals surface area contributed by atoms with Gasteiger partial charge in [-0.1, -0.05) is 109 Å². The Labute approximate surface area is 270 Å². The van der Waals surface area contributed by atoms with Crippen LogP contribution in [0.15, 0.2) is 137 Å². The van der Waals surface area contributed by atoms with Crippen LogP contribution in [0.1, 0.15) is 28.5 Å². The highest BCUT2D eigenvalue weighted by Crippen LogP contribution is 2.44. The maximum atomic E-state index is 14.3. The van der Waals surface area contributed by atoms with Crippen LogP contribution in [0.4, 0.5) is 0 Å². The van der Waals surface area contributed by atoms with Crippen LogP contribution in [0.25, 0.3) is 17.0 Å². The molecule has 3 atom stereocenters. The third-order valence-corrected chi connectivity index (χ3v) is 9.16. The number of ether oxygens (including phenoxy) is 1. The minimum Gasteiger partial charge on any atom is -0.451 e. The second-order valence-corrected chi connectivity index (χ2v) is 12.0. The lowest BCUT2D eigenvalue weighted by Crippen LogP contribution is -2.73. The van der Waals surface area contributed by atoms with Crippen LogP contribution in [-0.2, 0) is 25.5 Å². The molecule has 1 N–H and O–H groups in total. The van der Waals surface area contributed by atoms with E-state index in [0.29, 0.717) is 17.2 Å². The van der Waals surface area contributed by atoms with Crippen LogP contribution >= 0.6 is 11.8 Å². The molecule has 8 nitrogen and oxygen atoms in total. The lowest BCUT2D eigenvalue weighted by Gasteiger charge is -2.51. The molecule has 1 aromatic heterocycles. The second-order valence-electron chi connectivity index (χ2n) is 11.0. The Morgan fingerprint density at radius 3 is 2.07 bits per heavy atom. The number of rotatable bonds is 9. The molecule has 0 aliphatic carbocycles. The summed E-state index contributed by atoms with van der Waals surface area (Å²) in [6, 6.07) is 35.8. The number of β-lactam (4-membered cyclic amide) rings is 1. The van der Waals surface area contributed by atoms with Crippen LogP contribution in [-0.4, -0.2) is 45.1 Å². The molecular weight excluding hydrogens is 598 g/mol. The summed E-state index contributed by atoms with van der Waals surface area (Å²) < 4.78 is 12.1. The number of oxazole rings is 1. The molecule has 0 radical (unpaired) electrons. The van der Waals surface area contributed by atoms with E-state index in [9.17, 15) is 14.4 Å². The molecule has 7 rings (SSSR count). The Kier molecular flexibility index (Phi) is 8.22. The van der Waals surface area contributed by atoms with Crippen molar-refractivity contribution in [2.45, 2.75) is 30.0 Å². The summed E-state index contributed by atoms with van der Waals surface area (Å²) in [6.07, 6.45) is 0.926. The summed E-state index contributed by atoms with van der Waals surface area (Å²) >= 11 is 1.35. The lowest BCUT2D eigenvalue weighted by molar-refractivity contribution is -0.164. The summed E-state index contributed by atoms with van der Waals surface area (Å²) in [5, 5.41) is 4.20. The lowest BCUT2D eigenvalue weighted by atomic mass is 9.95. The molecule has 5 aromatic rings. The van der Waals surface area contributed by atoms with Crippen molar-refractivity contribution in [2.24, 2.45) is 0 Å². The highest BCUT2D eigenvalue weighted by atomic mass is 32.2. The molecule has 4 aromatic carbocycles. The number of carbonyl (C=O) groups excluding carboxylic acids is 3. The van der Waals surface area contributed by atoms with Crippen molar-refractivity contribution in [3.63, 3.8) is 0 Å². The quantitative estimate of drug-likeness (QED) is 0.157. The van der Waals surface area contributed by atoms with Gasteiger partial charge in [0.2, 0.25) is 17.7 Å². The van der Waals surface area contributed by atoms with E-state index in [1.165, 1.54) is 22.9 Å². The predicted octanol–water partition coefficient (Wildman–Crippen LogP) is 6.03. The normalized spacial score (nSPS) is 18.7. The summed E-state index contributed by atoms with van der Waals surface area (Å²) in [5.41, 5.74) is 4.12. The van der Waals surface area contributed by atoms with Gasteiger partial charge in [0, 0.05) is 11.1 Å². The third kappa shape index (κ3) is 5.84. The Morgan fingerprint density at radius 2 is 1.43 bits per heavy atom. The van der Waals surface area contributed by atoms with Crippen LogP contribution < -0.4 is 5.32 Å². The van der Waals surface area contributed by atoms with Gasteiger partial charge < -0.3 is 19.4 Å². The Balaban J connectivity index is 1.20. The molecule has 2 unspecified atom stereocenters. The number of nitrogens with one attached hydrogen (secondary N) is 1. The molecule has 3 heterocycles. The van der Waals surface area contributed by atoms with E-state index in [1.54, 1.807) is 0 Å². The van der Waals surface area contributed by atoms with Gasteiger partial charge >= 0.3 is 5.97 Å². The molecule has 0 bridgehead atoms. The van der Waals surface area contributed by atoms with Crippen LogP contribution in [0.5, 0.6) is 0 Å². The summed E-state index contributed by atoms with van der Waals surface area (Å²) in [7, 11) is 0. The molecule has 46 heavy (non-hydrogen) atoms. The fraction of sp³-hybridized carbons (Fsp3) is 0.135. The number of benzene rings is 4. The van der Waals surface area contributed by atoms with Crippen molar-refractivity contribution >= 4 is 35.1 Å². The van der Waals surface area contributed by atoms with E-state index in [0.717, 1.165) is 22.3 Å². The average molecular weight is 628 g/mol. The van der Waals surface area contributed by atoms with Gasteiger partial charge in [-0.3, -0.25) is 9.59 Å². The summed E-state index contributed by atoms with van der Waals surface area (Å²) in [6.45, 7) is 0. The third-order valence-electron chi connectivity index (χ3n) is 7.99. The van der Waals surface area contributed by atoms with Crippen molar-refractivity contribution in [1.29, 1.82) is 0 Å². The highest BCUT2D eigenvalue weighted by molar-refractivity contribution is 8.03. The number of amides is 2. The monoisotopic (exact) mass is 627 g/mol. The molecule has 2 amide bonds. The Bertz CT molecular complexity index is 1840. The molecule has 2 aliphatic heterocycles. The van der Waals surface area contributed by atoms with Crippen LogP contribution in [0, 0.1) is 0 Å². The van der Waals surface area contributed by atoms with Gasteiger partial charge in [-0.25, -0.2) is 9.78 Å². The van der Waals surface area contributed by atoms with E-state index in [4.69, 9.17) is 14.1 Å². The number of aromatic nitrogens is 1. The number of thioether (sulfide) groups is 1. The van der Waals surface area contributed by atoms with Crippen molar-refractivity contribution in [3.05, 3.63) is 155 Å². The number of esters is 1. The molecule has 1 fully saturated rings. The minimum absolute atomic E-state index is 0.144. The second kappa shape index (κ2) is 12.9. The molecule has 2 aliphatic rings. The fourth-order valence-electron chi connectivity index (χ4n) is 5.73. The largest absolute Gasteiger partial charge is 0.451 e. The van der Waals surface area contributed by atoms with E-state index < -0.39 is 29.5 Å². The standard InChI is InChI=1S/C37H29N3O5S/c41-30(21-24-13-5-1-6-14-24)39-31-35(42)40-32(37(43)45-33(25-15-7-2-8-16-25)26-17-9-3-10-18-26)28(23-46-36(31)40)29-22-44-34(38-29)27-19-11-4-12-20-27/h1-20,22-23,31-33,36H,21H2,(H,39,41)/t31?,32?,36-/m1/s1. The molecular formula is C37H29N3O5S. The van der Waals surface area contributed by atoms with Crippen molar-refractivity contribution in [3.8, 4) is 11.5 Å². The smallest absolute Gasteiger partial charge is 0.334 e. The first-order valence-corrected chi connectivity index (χ1v) is 15.8. The number of hydrogen-bond donors (Lipinski definition) is 1. The SMILES string of the molecule is O=C(Cc1ccccc1)NC1C(=O)N2C(C(=O)OC(c3ccccc3)c3ccccc3)C(c3coc(-c4ccccc4)n3)=CS[C@H]12. The highest BCUT2D eigenvalue weighted by Gasteiger charge is 2.57. The zero-order valence-electron chi connectivity index (χ0n) is 24.6. The zero-order chi connectivity index (χ0) is 31.5. The van der Waals surface area contributed by atoms with Crippen molar-refractivity contribution in [1.82, 2.24) is 15.2 Å². The number of hydrogen-bond acceptors (Lipinski definition) is 7. The van der Waals surface area contributed by atoms with Gasteiger partial charge in [0.05, 0.1) is 6.42 Å². The van der Waals surface area contributed by atoms with E-state index in [-0.39, 0.29) is 18.2 Å². The Hall–Kier alpha value is -5.41. The number of carbonyl (C=O) groups is 3. The summed E-state index contributed by atoms with van der Waals surface area (Å²) in [5.74, 6) is -0.853. The first-order chi connectivity index (χ1) is 22.6. The predicted molar refractivity (Wildman–Crippen MR) is 175 cm³/mol. The fourth-order valence-corrected chi connectivity index (χ4v) is 6.96. The first-order valence-electron chi connectivity index (χ1n) is 14.9. The maximum absolute atomic E-state index is 14.3. The van der Waals surface area contributed by atoms with Gasteiger partial charge in [0.1, 0.15) is 23.4 Å². The van der Waals surface area contributed by atoms with Gasteiger partial charge in [-0.2, -0.15) is 0 Å². The van der Waals surface area contributed by atoms with E-state index in [2.05, 4.69) is 5.32 Å². The van der Waals surface area contributed by atoms with E-state index >= 15 is 0 Å². The first kappa shape index (κ1) is 29.3. The van der Waals surface area contributed by atoms with Crippen LogP contribution in [0.2, 0.25) is 0 Å². The molecule has 0 saturated carbocycles. The van der Waals surface area contributed by atoms with Crippen molar-refractivity contribution in [2.75, 3.05) is 0 Å². The number of nitrogens with zero attached hydrogens (tertiary/aromatic N) is 2. The molecule has 0 spiro atoms. The van der Waals surface area contributed by atoms with Gasteiger partial charge in [0.25, 0.3) is 0 Å². The van der Waals surface area contributed by atoms with E-state index in [1.807, 2.05) is 127 Å². The maximum Gasteiger partial charge on any atom is 0.334 e. The Morgan fingerprint density at radius 1 is 0.848 bits per heavy atom. The summed E-state index contributed by atoms with van der Waals surface area (Å²) in [4.78, 5) is 47.1. The molecule has 9 heteroatoms.